The molecule has 1 fully saturated rings. The number of amides is 1. The molecule has 0 bridgehead atoms. The lowest BCUT2D eigenvalue weighted by atomic mass is 9.98. The normalized spacial score (nSPS) is 22.4. The Labute approximate surface area is 144 Å². The van der Waals surface area contributed by atoms with E-state index in [0.29, 0.717) is 13.2 Å². The number of nitrogens with two attached hydrogens (primary N) is 1. The number of methoxy groups -OCH3 is 1. The van der Waals surface area contributed by atoms with E-state index < -0.39 is 6.04 Å². The van der Waals surface area contributed by atoms with Crippen molar-refractivity contribution in [3.63, 3.8) is 0 Å². The van der Waals surface area contributed by atoms with E-state index in [9.17, 15) is 4.79 Å². The fraction of sp³-hybridized carbons (Fsp3) is 0.588. The predicted molar refractivity (Wildman–Crippen MR) is 92.9 cm³/mol. The molecular formula is C17H27ClN2O3. The number of morpholine rings is 1. The monoisotopic (exact) mass is 342 g/mol. The summed E-state index contributed by atoms with van der Waals surface area (Å²) in [6.07, 6.45) is -0.102. The van der Waals surface area contributed by atoms with Crippen molar-refractivity contribution in [3.05, 3.63) is 34.9 Å². The third-order valence-electron chi connectivity index (χ3n) is 4.16. The molecule has 3 atom stereocenters. The van der Waals surface area contributed by atoms with Crippen molar-refractivity contribution in [1.29, 1.82) is 0 Å². The van der Waals surface area contributed by atoms with Gasteiger partial charge in [-0.1, -0.05) is 23.8 Å². The lowest BCUT2D eigenvalue weighted by Crippen LogP contribution is -2.54. The van der Waals surface area contributed by atoms with Crippen LogP contribution in [-0.2, 0) is 14.3 Å². The number of nitrogens with zero attached hydrogens (tertiary/aromatic N) is 1. The second kappa shape index (κ2) is 8.64. The zero-order valence-electron chi connectivity index (χ0n) is 14.2. The number of aryl methyl sites for hydroxylation is 2. The van der Waals surface area contributed by atoms with E-state index in [0.717, 1.165) is 5.56 Å². The van der Waals surface area contributed by atoms with E-state index in [1.165, 1.54) is 11.1 Å². The molecule has 5 nitrogen and oxygen atoms in total. The van der Waals surface area contributed by atoms with Crippen LogP contribution in [0.25, 0.3) is 0 Å². The average Bonchev–Trinajstić information content (AvgIpc) is 2.50. The van der Waals surface area contributed by atoms with Gasteiger partial charge in [-0.15, -0.1) is 12.4 Å². The topological polar surface area (TPSA) is 64.8 Å². The minimum absolute atomic E-state index is 0. The van der Waals surface area contributed by atoms with Gasteiger partial charge in [0.15, 0.2) is 0 Å². The molecule has 0 aliphatic carbocycles. The summed E-state index contributed by atoms with van der Waals surface area (Å²) in [6, 6.07) is 5.71. The van der Waals surface area contributed by atoms with Gasteiger partial charge in [0.2, 0.25) is 5.91 Å². The zero-order chi connectivity index (χ0) is 16.3. The summed E-state index contributed by atoms with van der Waals surface area (Å²) < 4.78 is 11.0. The van der Waals surface area contributed by atoms with Gasteiger partial charge < -0.3 is 20.1 Å². The molecule has 3 unspecified atom stereocenters. The number of ether oxygens (including phenoxy) is 2. The second-order valence-electron chi connectivity index (χ2n) is 6.08. The fourth-order valence-corrected chi connectivity index (χ4v) is 2.82. The average molecular weight is 343 g/mol. The van der Waals surface area contributed by atoms with Gasteiger partial charge in [-0.3, -0.25) is 4.79 Å². The van der Waals surface area contributed by atoms with E-state index in [4.69, 9.17) is 15.2 Å². The summed E-state index contributed by atoms with van der Waals surface area (Å²) in [5.41, 5.74) is 9.42. The SMILES string of the molecule is COCC(N)C(=O)N1CC(c2cc(C)ccc2C)OCC1C.Cl. The van der Waals surface area contributed by atoms with E-state index in [1.54, 1.807) is 7.11 Å². The second-order valence-corrected chi connectivity index (χ2v) is 6.08. The lowest BCUT2D eigenvalue weighted by Gasteiger charge is -2.39. The van der Waals surface area contributed by atoms with Crippen molar-refractivity contribution in [2.24, 2.45) is 5.73 Å². The van der Waals surface area contributed by atoms with Crippen molar-refractivity contribution < 1.29 is 14.3 Å². The highest BCUT2D eigenvalue weighted by Gasteiger charge is 2.33. The molecule has 0 saturated carbocycles. The molecule has 1 amide bonds. The molecule has 0 aromatic heterocycles. The molecule has 1 aromatic rings. The minimum atomic E-state index is -0.621. The van der Waals surface area contributed by atoms with Gasteiger partial charge in [0.1, 0.15) is 12.1 Å². The Kier molecular flexibility index (Phi) is 7.48. The highest BCUT2D eigenvalue weighted by Crippen LogP contribution is 2.28. The molecule has 0 spiro atoms. The summed E-state index contributed by atoms with van der Waals surface area (Å²) in [5, 5.41) is 0. The van der Waals surface area contributed by atoms with E-state index in [1.807, 2.05) is 11.8 Å². The van der Waals surface area contributed by atoms with Crippen LogP contribution in [0.4, 0.5) is 0 Å². The van der Waals surface area contributed by atoms with Gasteiger partial charge in [0, 0.05) is 7.11 Å². The molecule has 2 rings (SSSR count). The lowest BCUT2D eigenvalue weighted by molar-refractivity contribution is -0.147. The number of carbonyl (C=O) groups excluding carboxylic acids is 1. The van der Waals surface area contributed by atoms with Crippen LogP contribution >= 0.6 is 12.4 Å². The summed E-state index contributed by atoms with van der Waals surface area (Å²) in [5.74, 6) is -0.0760. The van der Waals surface area contributed by atoms with Crippen LogP contribution < -0.4 is 5.73 Å². The van der Waals surface area contributed by atoms with Crippen molar-refractivity contribution in [2.75, 3.05) is 26.9 Å². The minimum Gasteiger partial charge on any atom is -0.383 e. The van der Waals surface area contributed by atoms with Crippen LogP contribution in [0, 0.1) is 13.8 Å². The highest BCUT2D eigenvalue weighted by molar-refractivity contribution is 5.85. The predicted octanol–water partition coefficient (Wildman–Crippen LogP) is 1.99. The molecule has 6 heteroatoms. The largest absolute Gasteiger partial charge is 0.383 e. The molecule has 1 aromatic carbocycles. The molecule has 130 valence electrons. The Hall–Kier alpha value is -1.14. The van der Waals surface area contributed by atoms with Crippen LogP contribution in [0.15, 0.2) is 18.2 Å². The highest BCUT2D eigenvalue weighted by atomic mass is 35.5. The van der Waals surface area contributed by atoms with Crippen LogP contribution in [0.2, 0.25) is 0 Å². The van der Waals surface area contributed by atoms with Crippen molar-refractivity contribution in [1.82, 2.24) is 4.90 Å². The molecule has 1 aliphatic rings. The summed E-state index contributed by atoms with van der Waals surface area (Å²) in [4.78, 5) is 14.3. The standard InChI is InChI=1S/C17H26N2O3.ClH/c1-11-5-6-12(2)14(7-11)16-8-19(13(3)9-22-16)17(20)15(18)10-21-4;/h5-7,13,15-16H,8-10,18H2,1-4H3;1H. The van der Waals surface area contributed by atoms with Gasteiger partial charge >= 0.3 is 0 Å². The third kappa shape index (κ3) is 4.67. The Bertz CT molecular complexity index is 539. The molecule has 1 aliphatic heterocycles. The van der Waals surface area contributed by atoms with E-state index in [-0.39, 0.29) is 37.1 Å². The van der Waals surface area contributed by atoms with Gasteiger partial charge in [-0.05, 0) is 31.9 Å². The van der Waals surface area contributed by atoms with Crippen LogP contribution in [0.5, 0.6) is 0 Å². The first-order chi connectivity index (χ1) is 10.4. The van der Waals surface area contributed by atoms with Crippen LogP contribution in [-0.4, -0.2) is 49.8 Å². The maximum absolute atomic E-state index is 12.5. The van der Waals surface area contributed by atoms with Gasteiger partial charge in [0.25, 0.3) is 0 Å². The van der Waals surface area contributed by atoms with Crippen molar-refractivity contribution >= 4 is 18.3 Å². The number of rotatable bonds is 4. The summed E-state index contributed by atoms with van der Waals surface area (Å²) in [7, 11) is 1.55. The number of halogens is 1. The molecule has 1 saturated heterocycles. The maximum Gasteiger partial charge on any atom is 0.242 e. The Balaban J connectivity index is 0.00000264. The van der Waals surface area contributed by atoms with Gasteiger partial charge in [0.05, 0.1) is 25.8 Å². The maximum atomic E-state index is 12.5. The summed E-state index contributed by atoms with van der Waals surface area (Å²) in [6.45, 7) is 7.39. The Morgan fingerprint density at radius 3 is 2.83 bits per heavy atom. The van der Waals surface area contributed by atoms with Crippen molar-refractivity contribution in [2.45, 2.75) is 39.0 Å². The zero-order valence-corrected chi connectivity index (χ0v) is 15.1. The number of benzene rings is 1. The number of hydrogen-bond donors (Lipinski definition) is 1. The fourth-order valence-electron chi connectivity index (χ4n) is 2.82. The Morgan fingerprint density at radius 1 is 1.48 bits per heavy atom. The molecule has 1 heterocycles. The number of hydrogen-bond acceptors (Lipinski definition) is 4. The van der Waals surface area contributed by atoms with E-state index >= 15 is 0 Å². The molecule has 2 N–H and O–H groups in total. The van der Waals surface area contributed by atoms with E-state index in [2.05, 4.69) is 32.0 Å². The summed E-state index contributed by atoms with van der Waals surface area (Å²) >= 11 is 0. The molecule has 0 radical (unpaired) electrons. The first-order valence-corrected chi connectivity index (χ1v) is 7.67. The quantitative estimate of drug-likeness (QED) is 0.908. The van der Waals surface area contributed by atoms with Gasteiger partial charge in [-0.25, -0.2) is 0 Å². The third-order valence-corrected chi connectivity index (χ3v) is 4.16. The number of carbonyl (C=O) groups is 1. The first kappa shape index (κ1) is 19.9. The molecule has 23 heavy (non-hydrogen) atoms. The Morgan fingerprint density at radius 2 is 2.17 bits per heavy atom. The van der Waals surface area contributed by atoms with Crippen molar-refractivity contribution in [3.8, 4) is 0 Å². The van der Waals surface area contributed by atoms with Gasteiger partial charge in [-0.2, -0.15) is 0 Å². The van der Waals surface area contributed by atoms with Crippen LogP contribution in [0.1, 0.15) is 29.7 Å². The van der Waals surface area contributed by atoms with Crippen LogP contribution in [0.3, 0.4) is 0 Å². The first-order valence-electron chi connectivity index (χ1n) is 7.67. The smallest absolute Gasteiger partial charge is 0.242 e. The molecular weight excluding hydrogens is 316 g/mol.